The van der Waals surface area contributed by atoms with E-state index in [1.807, 2.05) is 30.3 Å². The number of imidazole rings is 1. The van der Waals surface area contributed by atoms with Crippen molar-refractivity contribution >= 4 is 23.3 Å². The lowest BCUT2D eigenvalue weighted by Gasteiger charge is -2.05. The highest BCUT2D eigenvalue weighted by molar-refractivity contribution is 7.71. The molecular weight excluding hydrogens is 266 g/mol. The highest BCUT2D eigenvalue weighted by atomic mass is 32.1. The minimum atomic E-state index is -0.874. The SMILES string of the molecule is Fc1ccc2[nH]c(=S)n(Cc3ccccc3)c2c1F. The molecule has 1 aromatic heterocycles. The van der Waals surface area contributed by atoms with Crippen molar-refractivity contribution in [2.75, 3.05) is 0 Å². The van der Waals surface area contributed by atoms with Gasteiger partial charge in [0.1, 0.15) is 5.52 Å². The Balaban J connectivity index is 2.21. The molecule has 3 aromatic rings. The third-order valence-corrected chi connectivity index (χ3v) is 3.33. The Morgan fingerprint density at radius 2 is 1.79 bits per heavy atom. The van der Waals surface area contributed by atoms with Gasteiger partial charge >= 0.3 is 0 Å². The lowest BCUT2D eigenvalue weighted by Crippen LogP contribution is -2.01. The highest BCUT2D eigenvalue weighted by Crippen LogP contribution is 2.21. The van der Waals surface area contributed by atoms with E-state index in [4.69, 9.17) is 12.2 Å². The molecule has 0 bridgehead atoms. The number of H-pyrrole nitrogens is 1. The quantitative estimate of drug-likeness (QED) is 0.701. The zero-order valence-electron chi connectivity index (χ0n) is 9.86. The molecule has 0 aliphatic heterocycles. The Labute approximate surface area is 113 Å². The lowest BCUT2D eigenvalue weighted by atomic mass is 10.2. The molecule has 3 rings (SSSR count). The molecular formula is C14H10F2N2S. The monoisotopic (exact) mass is 276 g/mol. The topological polar surface area (TPSA) is 20.7 Å². The number of nitrogens with one attached hydrogen (secondary N) is 1. The molecule has 0 aliphatic carbocycles. The predicted octanol–water partition coefficient (Wildman–Crippen LogP) is 4.03. The Kier molecular flexibility index (Phi) is 2.91. The molecule has 1 N–H and O–H groups in total. The molecule has 5 heteroatoms. The summed E-state index contributed by atoms with van der Waals surface area (Å²) in [5, 5.41) is 0. The van der Waals surface area contributed by atoms with E-state index in [-0.39, 0.29) is 5.52 Å². The van der Waals surface area contributed by atoms with Crippen molar-refractivity contribution in [2.45, 2.75) is 6.54 Å². The van der Waals surface area contributed by atoms with E-state index < -0.39 is 11.6 Å². The molecule has 0 fully saturated rings. The molecule has 0 saturated heterocycles. The van der Waals surface area contributed by atoms with Gasteiger partial charge in [0.2, 0.25) is 0 Å². The number of aromatic amines is 1. The summed E-state index contributed by atoms with van der Waals surface area (Å²) in [6.07, 6.45) is 0. The summed E-state index contributed by atoms with van der Waals surface area (Å²) in [4.78, 5) is 2.89. The average Bonchev–Trinajstić information content (AvgIpc) is 2.73. The first-order valence-corrected chi connectivity index (χ1v) is 6.18. The second-order valence-corrected chi connectivity index (χ2v) is 4.65. The second-order valence-electron chi connectivity index (χ2n) is 4.26. The molecule has 0 atom stereocenters. The average molecular weight is 276 g/mol. The number of benzene rings is 2. The molecule has 0 unspecified atom stereocenters. The first-order chi connectivity index (χ1) is 9.16. The van der Waals surface area contributed by atoms with Gasteiger partial charge in [-0.05, 0) is 29.9 Å². The predicted molar refractivity (Wildman–Crippen MR) is 72.6 cm³/mol. The lowest BCUT2D eigenvalue weighted by molar-refractivity contribution is 0.512. The van der Waals surface area contributed by atoms with Crippen molar-refractivity contribution in [3.63, 3.8) is 0 Å². The van der Waals surface area contributed by atoms with Crippen molar-refractivity contribution in [1.29, 1.82) is 0 Å². The molecule has 19 heavy (non-hydrogen) atoms. The summed E-state index contributed by atoms with van der Waals surface area (Å²) in [6.45, 7) is 0.403. The van der Waals surface area contributed by atoms with Gasteiger partial charge in [0.05, 0.1) is 12.1 Å². The van der Waals surface area contributed by atoms with Crippen LogP contribution in [0, 0.1) is 16.4 Å². The van der Waals surface area contributed by atoms with Gasteiger partial charge < -0.3 is 9.55 Å². The van der Waals surface area contributed by atoms with E-state index in [0.717, 1.165) is 11.6 Å². The van der Waals surface area contributed by atoms with Crippen LogP contribution in [-0.2, 0) is 6.54 Å². The van der Waals surface area contributed by atoms with Crippen LogP contribution in [0.15, 0.2) is 42.5 Å². The van der Waals surface area contributed by atoms with Crippen LogP contribution in [0.3, 0.4) is 0 Å². The fourth-order valence-electron chi connectivity index (χ4n) is 2.11. The molecule has 2 nitrogen and oxygen atoms in total. The van der Waals surface area contributed by atoms with Crippen LogP contribution in [0.4, 0.5) is 8.78 Å². The standard InChI is InChI=1S/C14H10F2N2S/c15-10-6-7-11-13(12(10)16)18(14(19)17-11)8-9-4-2-1-3-5-9/h1-7H,8H2,(H,17,19). The van der Waals surface area contributed by atoms with Gasteiger partial charge in [-0.2, -0.15) is 0 Å². The van der Waals surface area contributed by atoms with Crippen LogP contribution < -0.4 is 0 Å². The van der Waals surface area contributed by atoms with Crippen molar-refractivity contribution in [2.24, 2.45) is 0 Å². The second kappa shape index (κ2) is 4.59. The Hall–Kier alpha value is -2.01. The first-order valence-electron chi connectivity index (χ1n) is 5.77. The molecule has 0 amide bonds. The minimum Gasteiger partial charge on any atom is -0.330 e. The molecule has 0 spiro atoms. The number of rotatable bonds is 2. The van der Waals surface area contributed by atoms with Gasteiger partial charge in [-0.1, -0.05) is 30.3 Å². The maximum atomic E-state index is 13.9. The number of halogens is 2. The van der Waals surface area contributed by atoms with Crippen LogP contribution in [0.2, 0.25) is 0 Å². The summed E-state index contributed by atoms with van der Waals surface area (Å²) >= 11 is 5.17. The zero-order valence-corrected chi connectivity index (χ0v) is 10.7. The molecule has 96 valence electrons. The fraction of sp³-hybridized carbons (Fsp3) is 0.0714. The van der Waals surface area contributed by atoms with E-state index in [0.29, 0.717) is 16.8 Å². The van der Waals surface area contributed by atoms with Crippen LogP contribution in [0.1, 0.15) is 5.56 Å². The number of hydrogen-bond donors (Lipinski definition) is 1. The molecule has 0 saturated carbocycles. The van der Waals surface area contributed by atoms with Crippen molar-refractivity contribution in [3.05, 3.63) is 64.4 Å². The van der Waals surface area contributed by atoms with Gasteiger partial charge in [0.25, 0.3) is 0 Å². The molecule has 0 aliphatic rings. The normalized spacial score (nSPS) is 11.1. The Morgan fingerprint density at radius 3 is 2.53 bits per heavy atom. The van der Waals surface area contributed by atoms with Crippen molar-refractivity contribution in [3.8, 4) is 0 Å². The van der Waals surface area contributed by atoms with Gasteiger partial charge in [-0.25, -0.2) is 8.78 Å². The summed E-state index contributed by atoms with van der Waals surface area (Å²) in [5.74, 6) is -1.75. The molecule has 0 radical (unpaired) electrons. The number of nitrogens with zero attached hydrogens (tertiary/aromatic N) is 1. The van der Waals surface area contributed by atoms with E-state index in [2.05, 4.69) is 4.98 Å². The van der Waals surface area contributed by atoms with Gasteiger partial charge in [-0.3, -0.25) is 0 Å². The number of fused-ring (bicyclic) bond motifs is 1. The summed E-state index contributed by atoms with van der Waals surface area (Å²) in [7, 11) is 0. The third kappa shape index (κ3) is 2.06. The maximum Gasteiger partial charge on any atom is 0.184 e. The van der Waals surface area contributed by atoms with Crippen molar-refractivity contribution < 1.29 is 8.78 Å². The summed E-state index contributed by atoms with van der Waals surface area (Å²) in [5.41, 5.74) is 1.65. The number of hydrogen-bond acceptors (Lipinski definition) is 1. The van der Waals surface area contributed by atoms with Gasteiger partial charge in [0, 0.05) is 0 Å². The summed E-state index contributed by atoms with van der Waals surface area (Å²) < 4.78 is 29.2. The van der Waals surface area contributed by atoms with Crippen LogP contribution in [-0.4, -0.2) is 9.55 Å². The smallest absolute Gasteiger partial charge is 0.184 e. The number of aromatic nitrogens is 2. The Bertz CT molecular complexity index is 790. The maximum absolute atomic E-state index is 13.9. The van der Waals surface area contributed by atoms with Crippen molar-refractivity contribution in [1.82, 2.24) is 9.55 Å². The van der Waals surface area contributed by atoms with E-state index in [1.54, 1.807) is 4.57 Å². The highest BCUT2D eigenvalue weighted by Gasteiger charge is 2.13. The van der Waals surface area contributed by atoms with E-state index in [9.17, 15) is 8.78 Å². The third-order valence-electron chi connectivity index (χ3n) is 3.01. The summed E-state index contributed by atoms with van der Waals surface area (Å²) in [6, 6.07) is 12.1. The Morgan fingerprint density at radius 1 is 1.05 bits per heavy atom. The van der Waals surface area contributed by atoms with E-state index in [1.165, 1.54) is 6.07 Å². The largest absolute Gasteiger partial charge is 0.330 e. The van der Waals surface area contributed by atoms with Gasteiger partial charge in [-0.15, -0.1) is 0 Å². The zero-order chi connectivity index (χ0) is 13.4. The van der Waals surface area contributed by atoms with Crippen LogP contribution >= 0.6 is 12.2 Å². The van der Waals surface area contributed by atoms with Crippen LogP contribution in [0.25, 0.3) is 11.0 Å². The van der Waals surface area contributed by atoms with Crippen LogP contribution in [0.5, 0.6) is 0 Å². The minimum absolute atomic E-state index is 0.175. The van der Waals surface area contributed by atoms with Gasteiger partial charge in [0.15, 0.2) is 16.4 Å². The fourth-order valence-corrected chi connectivity index (χ4v) is 2.37. The van der Waals surface area contributed by atoms with E-state index >= 15 is 0 Å². The molecule has 2 aromatic carbocycles. The first kappa shape index (κ1) is 12.0. The molecule has 1 heterocycles.